The third-order valence-electron chi connectivity index (χ3n) is 3.02. The maximum Gasteiger partial charge on any atom is 0.255 e. The Balaban J connectivity index is 2.08. The van der Waals surface area contributed by atoms with Crippen molar-refractivity contribution in [1.29, 1.82) is 0 Å². The lowest BCUT2D eigenvalue weighted by molar-refractivity contribution is 0.102. The van der Waals surface area contributed by atoms with E-state index in [1.165, 1.54) is 12.1 Å². The summed E-state index contributed by atoms with van der Waals surface area (Å²) >= 11 is 5.36. The molecule has 108 valence electrons. The van der Waals surface area contributed by atoms with Crippen LogP contribution in [-0.2, 0) is 0 Å². The fourth-order valence-corrected chi connectivity index (χ4v) is 1.92. The van der Waals surface area contributed by atoms with Gasteiger partial charge in [0.15, 0.2) is 0 Å². The monoisotopic (exact) mass is 302 g/mol. The molecule has 0 aliphatic rings. The van der Waals surface area contributed by atoms with Crippen LogP contribution in [-0.4, -0.2) is 25.2 Å². The molecule has 21 heavy (non-hydrogen) atoms. The van der Waals surface area contributed by atoms with Crippen molar-refractivity contribution < 1.29 is 9.59 Å². The molecular weight excluding hydrogens is 288 g/mol. The van der Waals surface area contributed by atoms with Crippen LogP contribution in [0, 0.1) is 0 Å². The average Bonchev–Trinajstić information content (AvgIpc) is 2.47. The van der Waals surface area contributed by atoms with E-state index in [9.17, 15) is 9.59 Å². The molecule has 0 heterocycles. The fraction of sp³-hybridized carbons (Fsp3) is 0.125. The molecule has 5 heteroatoms. The molecule has 0 aromatic heterocycles. The van der Waals surface area contributed by atoms with Gasteiger partial charge in [-0.05, 0) is 60.1 Å². The molecule has 0 spiro atoms. The quantitative estimate of drug-likeness (QED) is 0.881. The number of carbonyl (C=O) groups is 2. The predicted molar refractivity (Wildman–Crippen MR) is 85.3 cm³/mol. The van der Waals surface area contributed by atoms with E-state index in [1.807, 2.05) is 43.3 Å². The van der Waals surface area contributed by atoms with Gasteiger partial charge in [0.2, 0.25) is 0 Å². The molecule has 4 nitrogen and oxygen atoms in total. The summed E-state index contributed by atoms with van der Waals surface area (Å²) in [5.41, 5.74) is 2.60. The summed E-state index contributed by atoms with van der Waals surface area (Å²) in [4.78, 5) is 25.0. The largest absolute Gasteiger partial charge is 0.378 e. The van der Waals surface area contributed by atoms with Crippen molar-refractivity contribution in [2.75, 3.05) is 24.3 Å². The molecule has 0 aliphatic carbocycles. The van der Waals surface area contributed by atoms with Crippen molar-refractivity contribution in [3.05, 3.63) is 59.7 Å². The van der Waals surface area contributed by atoms with Gasteiger partial charge in [-0.25, -0.2) is 0 Å². The molecule has 0 radical (unpaired) electrons. The Kier molecular flexibility index (Phi) is 4.60. The van der Waals surface area contributed by atoms with Crippen LogP contribution in [0.5, 0.6) is 0 Å². The number of hydrogen-bond donors (Lipinski definition) is 1. The van der Waals surface area contributed by atoms with Gasteiger partial charge in [-0.1, -0.05) is 0 Å². The smallest absolute Gasteiger partial charge is 0.255 e. The van der Waals surface area contributed by atoms with Crippen LogP contribution in [0.15, 0.2) is 48.5 Å². The molecular formula is C16H15ClN2O2. The van der Waals surface area contributed by atoms with Crippen molar-refractivity contribution in [2.24, 2.45) is 0 Å². The lowest BCUT2D eigenvalue weighted by Crippen LogP contribution is -2.12. The number of amides is 1. The number of halogens is 1. The zero-order valence-electron chi connectivity index (χ0n) is 11.8. The molecule has 0 saturated heterocycles. The minimum atomic E-state index is -0.541. The molecule has 0 unspecified atom stereocenters. The summed E-state index contributed by atoms with van der Waals surface area (Å²) in [5.74, 6) is -0.235. The van der Waals surface area contributed by atoms with Crippen molar-refractivity contribution in [3.63, 3.8) is 0 Å². The van der Waals surface area contributed by atoms with E-state index < -0.39 is 5.24 Å². The predicted octanol–water partition coefficient (Wildman–Crippen LogP) is 3.38. The Morgan fingerprint density at radius 2 is 1.43 bits per heavy atom. The molecule has 0 bridgehead atoms. The topological polar surface area (TPSA) is 49.4 Å². The Morgan fingerprint density at radius 3 is 1.90 bits per heavy atom. The third kappa shape index (κ3) is 3.83. The van der Waals surface area contributed by atoms with Gasteiger partial charge in [-0.2, -0.15) is 0 Å². The first-order chi connectivity index (χ1) is 9.97. The van der Waals surface area contributed by atoms with E-state index in [0.29, 0.717) is 16.8 Å². The maximum absolute atomic E-state index is 12.1. The van der Waals surface area contributed by atoms with Gasteiger partial charge in [0.25, 0.3) is 11.1 Å². The van der Waals surface area contributed by atoms with Crippen LogP contribution in [0.3, 0.4) is 0 Å². The van der Waals surface area contributed by atoms with Crippen LogP contribution in [0.25, 0.3) is 0 Å². The van der Waals surface area contributed by atoms with Crippen molar-refractivity contribution in [3.8, 4) is 0 Å². The van der Waals surface area contributed by atoms with Gasteiger partial charge in [0, 0.05) is 36.6 Å². The number of nitrogens with one attached hydrogen (secondary N) is 1. The number of anilines is 2. The van der Waals surface area contributed by atoms with Gasteiger partial charge in [0.1, 0.15) is 0 Å². The molecule has 0 saturated carbocycles. The Bertz CT molecular complexity index is 649. The van der Waals surface area contributed by atoms with Crippen LogP contribution >= 0.6 is 11.6 Å². The zero-order valence-corrected chi connectivity index (χ0v) is 12.5. The van der Waals surface area contributed by atoms with Crippen LogP contribution in [0.4, 0.5) is 11.4 Å². The standard InChI is InChI=1S/C16H15ClN2O2/c1-19(2)14-9-7-13(8-10-14)18-16(21)12-5-3-11(4-6-12)15(17)20/h3-10H,1-2H3,(H,18,21). The SMILES string of the molecule is CN(C)c1ccc(NC(=O)c2ccc(C(=O)Cl)cc2)cc1. The lowest BCUT2D eigenvalue weighted by atomic mass is 10.1. The second-order valence-corrected chi connectivity index (χ2v) is 5.09. The van der Waals surface area contributed by atoms with Crippen molar-refractivity contribution >= 4 is 34.1 Å². The van der Waals surface area contributed by atoms with Crippen LogP contribution in [0.2, 0.25) is 0 Å². The van der Waals surface area contributed by atoms with E-state index in [4.69, 9.17) is 11.6 Å². The molecule has 2 aromatic carbocycles. The summed E-state index contributed by atoms with van der Waals surface area (Å²) in [5, 5.41) is 2.26. The minimum absolute atomic E-state index is 0.235. The summed E-state index contributed by atoms with van der Waals surface area (Å²) < 4.78 is 0. The van der Waals surface area contributed by atoms with Crippen molar-refractivity contribution in [1.82, 2.24) is 0 Å². The molecule has 2 rings (SSSR count). The van der Waals surface area contributed by atoms with Crippen molar-refractivity contribution in [2.45, 2.75) is 0 Å². The number of hydrogen-bond acceptors (Lipinski definition) is 3. The average molecular weight is 303 g/mol. The summed E-state index contributed by atoms with van der Waals surface area (Å²) in [6.45, 7) is 0. The first kappa shape index (κ1) is 15.1. The number of benzene rings is 2. The van der Waals surface area contributed by atoms with E-state index >= 15 is 0 Å². The van der Waals surface area contributed by atoms with Crippen LogP contribution in [0.1, 0.15) is 20.7 Å². The second-order valence-electron chi connectivity index (χ2n) is 4.75. The summed E-state index contributed by atoms with van der Waals surface area (Å²) in [7, 11) is 3.90. The van der Waals surface area contributed by atoms with Gasteiger partial charge >= 0.3 is 0 Å². The third-order valence-corrected chi connectivity index (χ3v) is 3.23. The Morgan fingerprint density at radius 1 is 0.905 bits per heavy atom. The summed E-state index contributed by atoms with van der Waals surface area (Å²) in [6, 6.07) is 13.7. The highest BCUT2D eigenvalue weighted by atomic mass is 35.5. The van der Waals surface area contributed by atoms with Gasteiger partial charge in [-0.15, -0.1) is 0 Å². The number of rotatable bonds is 4. The lowest BCUT2D eigenvalue weighted by Gasteiger charge is -2.13. The van der Waals surface area contributed by atoms with E-state index in [0.717, 1.165) is 5.69 Å². The normalized spacial score (nSPS) is 10.0. The van der Waals surface area contributed by atoms with Gasteiger partial charge in [0.05, 0.1) is 0 Å². The molecule has 0 fully saturated rings. The molecule has 1 amide bonds. The highest BCUT2D eigenvalue weighted by Gasteiger charge is 2.08. The second kappa shape index (κ2) is 6.41. The van der Waals surface area contributed by atoms with E-state index in [1.54, 1.807) is 12.1 Å². The number of carbonyl (C=O) groups excluding carboxylic acids is 2. The van der Waals surface area contributed by atoms with E-state index in [2.05, 4.69) is 5.32 Å². The highest BCUT2D eigenvalue weighted by Crippen LogP contribution is 2.16. The fourth-order valence-electron chi connectivity index (χ4n) is 1.80. The van der Waals surface area contributed by atoms with Crippen LogP contribution < -0.4 is 10.2 Å². The van der Waals surface area contributed by atoms with E-state index in [-0.39, 0.29) is 5.91 Å². The first-order valence-corrected chi connectivity index (χ1v) is 6.74. The molecule has 0 aliphatic heterocycles. The molecule has 0 atom stereocenters. The highest BCUT2D eigenvalue weighted by molar-refractivity contribution is 6.67. The molecule has 2 aromatic rings. The summed E-state index contributed by atoms with van der Waals surface area (Å²) in [6.07, 6.45) is 0. The Labute approximate surface area is 128 Å². The maximum atomic E-state index is 12.1. The van der Waals surface area contributed by atoms with Gasteiger partial charge in [-0.3, -0.25) is 9.59 Å². The van der Waals surface area contributed by atoms with Gasteiger partial charge < -0.3 is 10.2 Å². The molecule has 1 N–H and O–H groups in total. The first-order valence-electron chi connectivity index (χ1n) is 6.36. The zero-order chi connectivity index (χ0) is 15.4. The number of nitrogens with zero attached hydrogens (tertiary/aromatic N) is 1. The minimum Gasteiger partial charge on any atom is -0.378 e. The Hall–Kier alpha value is -2.33.